The van der Waals surface area contributed by atoms with Gasteiger partial charge in [0.05, 0.1) is 5.54 Å². The number of aliphatic hydroxyl groups excluding tert-OH is 1. The second-order valence-corrected chi connectivity index (χ2v) is 5.80. The third-order valence-electron chi connectivity index (χ3n) is 3.75. The lowest BCUT2D eigenvalue weighted by molar-refractivity contribution is -0.136. The van der Waals surface area contributed by atoms with E-state index in [9.17, 15) is 9.90 Å². The number of nitrogens with zero attached hydrogens (tertiary/aromatic N) is 1. The Morgan fingerprint density at radius 3 is 3.00 bits per heavy atom. The fraction of sp³-hybridized carbons (Fsp3) is 0.533. The van der Waals surface area contributed by atoms with Gasteiger partial charge in [-0.1, -0.05) is 6.07 Å². The maximum Gasteiger partial charge on any atom is 0.240 e. The monoisotopic (exact) mass is 293 g/mol. The topological polar surface area (TPSA) is 87.8 Å². The van der Waals surface area contributed by atoms with Crippen molar-refractivity contribution in [2.24, 2.45) is 0 Å². The van der Waals surface area contributed by atoms with Crippen molar-refractivity contribution in [3.8, 4) is 5.75 Å². The molecule has 1 heterocycles. The number of nitrogens with one attached hydrogen (secondary N) is 1. The fourth-order valence-electron chi connectivity index (χ4n) is 2.37. The van der Waals surface area contributed by atoms with E-state index in [0.29, 0.717) is 31.1 Å². The van der Waals surface area contributed by atoms with Crippen LogP contribution >= 0.6 is 0 Å². The van der Waals surface area contributed by atoms with Gasteiger partial charge in [-0.05, 0) is 26.0 Å². The Kier molecular flexibility index (Phi) is 4.69. The summed E-state index contributed by atoms with van der Waals surface area (Å²) in [5.74, 6) is 0.613. The van der Waals surface area contributed by atoms with Crippen LogP contribution in [0.25, 0.3) is 0 Å². The number of carbonyl (C=O) groups is 1. The van der Waals surface area contributed by atoms with Gasteiger partial charge in [0, 0.05) is 31.4 Å². The lowest BCUT2D eigenvalue weighted by atomic mass is 9.98. The van der Waals surface area contributed by atoms with Crippen molar-refractivity contribution in [3.63, 3.8) is 0 Å². The predicted molar refractivity (Wildman–Crippen MR) is 81.0 cm³/mol. The van der Waals surface area contributed by atoms with Crippen LogP contribution in [0.4, 0.5) is 5.69 Å². The molecule has 0 aliphatic carbocycles. The van der Waals surface area contributed by atoms with Crippen LogP contribution in [0.15, 0.2) is 24.3 Å². The van der Waals surface area contributed by atoms with Crippen LogP contribution < -0.4 is 15.8 Å². The average molecular weight is 293 g/mol. The minimum atomic E-state index is -0.670. The van der Waals surface area contributed by atoms with Gasteiger partial charge in [-0.15, -0.1) is 0 Å². The smallest absolute Gasteiger partial charge is 0.240 e. The highest BCUT2D eigenvalue weighted by molar-refractivity contribution is 5.86. The molecule has 1 atom stereocenters. The number of anilines is 1. The van der Waals surface area contributed by atoms with Crippen molar-refractivity contribution >= 4 is 11.6 Å². The first kappa shape index (κ1) is 15.6. The number of hydrogen-bond acceptors (Lipinski definition) is 5. The van der Waals surface area contributed by atoms with E-state index in [1.54, 1.807) is 24.3 Å². The molecule has 116 valence electrons. The SMILES string of the molecule is CC1(C)C(=O)NCCN1CC(O)COc1cccc(N)c1. The van der Waals surface area contributed by atoms with Crippen LogP contribution in [0.2, 0.25) is 0 Å². The highest BCUT2D eigenvalue weighted by Crippen LogP contribution is 2.18. The lowest BCUT2D eigenvalue weighted by Crippen LogP contribution is -2.63. The van der Waals surface area contributed by atoms with E-state index in [2.05, 4.69) is 5.32 Å². The molecule has 0 aromatic heterocycles. The van der Waals surface area contributed by atoms with Crippen molar-refractivity contribution in [1.29, 1.82) is 0 Å². The highest BCUT2D eigenvalue weighted by atomic mass is 16.5. The molecule has 1 aliphatic heterocycles. The fourth-order valence-corrected chi connectivity index (χ4v) is 2.37. The molecule has 6 nitrogen and oxygen atoms in total. The summed E-state index contributed by atoms with van der Waals surface area (Å²) in [5.41, 5.74) is 5.68. The number of hydrogen-bond donors (Lipinski definition) is 3. The van der Waals surface area contributed by atoms with Crippen LogP contribution in [0.1, 0.15) is 13.8 Å². The van der Waals surface area contributed by atoms with E-state index in [4.69, 9.17) is 10.5 Å². The molecule has 6 heteroatoms. The zero-order valence-corrected chi connectivity index (χ0v) is 12.5. The van der Waals surface area contributed by atoms with E-state index in [1.165, 1.54) is 0 Å². The van der Waals surface area contributed by atoms with Gasteiger partial charge in [-0.2, -0.15) is 0 Å². The van der Waals surface area contributed by atoms with Crippen molar-refractivity contribution in [1.82, 2.24) is 10.2 Å². The molecule has 1 aliphatic rings. The number of aliphatic hydroxyl groups is 1. The predicted octanol–water partition coefficient (Wildman–Crippen LogP) is 0.219. The summed E-state index contributed by atoms with van der Waals surface area (Å²) < 4.78 is 5.53. The van der Waals surface area contributed by atoms with Crippen LogP contribution in [-0.4, -0.2) is 53.8 Å². The maximum atomic E-state index is 11.8. The Morgan fingerprint density at radius 2 is 2.29 bits per heavy atom. The highest BCUT2D eigenvalue weighted by Gasteiger charge is 2.38. The Balaban J connectivity index is 1.86. The van der Waals surface area contributed by atoms with E-state index >= 15 is 0 Å². The van der Waals surface area contributed by atoms with Crippen molar-refractivity contribution < 1.29 is 14.6 Å². The quantitative estimate of drug-likeness (QED) is 0.676. The summed E-state index contributed by atoms with van der Waals surface area (Å²) in [7, 11) is 0. The molecule has 0 saturated carbocycles. The molecule has 1 saturated heterocycles. The standard InChI is InChI=1S/C15H23N3O3/c1-15(2)14(20)17-6-7-18(15)9-12(19)10-21-13-5-3-4-11(16)8-13/h3-5,8,12,19H,6-7,9-10,16H2,1-2H3,(H,17,20). The number of rotatable bonds is 5. The van der Waals surface area contributed by atoms with Crippen LogP contribution in [-0.2, 0) is 4.79 Å². The van der Waals surface area contributed by atoms with E-state index in [-0.39, 0.29) is 12.5 Å². The van der Waals surface area contributed by atoms with E-state index in [0.717, 1.165) is 0 Å². The number of ether oxygens (including phenoxy) is 1. The molecule has 1 aromatic rings. The number of β-amino-alcohol motifs (C(OH)–C–C–N with tert-alkyl or cyclic N) is 1. The summed E-state index contributed by atoms with van der Waals surface area (Å²) >= 11 is 0. The van der Waals surface area contributed by atoms with Gasteiger partial charge in [0.25, 0.3) is 0 Å². The third kappa shape index (κ3) is 3.86. The first-order chi connectivity index (χ1) is 9.89. The Labute approximate surface area is 124 Å². The zero-order valence-electron chi connectivity index (χ0n) is 12.5. The summed E-state index contributed by atoms with van der Waals surface area (Å²) in [5, 5.41) is 13.0. The summed E-state index contributed by atoms with van der Waals surface area (Å²) in [4.78, 5) is 13.8. The van der Waals surface area contributed by atoms with Gasteiger partial charge >= 0.3 is 0 Å². The first-order valence-corrected chi connectivity index (χ1v) is 7.09. The molecule has 21 heavy (non-hydrogen) atoms. The summed E-state index contributed by atoms with van der Waals surface area (Å²) in [6.07, 6.45) is -0.670. The summed E-state index contributed by atoms with van der Waals surface area (Å²) in [6.45, 7) is 5.58. The van der Waals surface area contributed by atoms with Crippen molar-refractivity contribution in [2.45, 2.75) is 25.5 Å². The minimum Gasteiger partial charge on any atom is -0.491 e. The number of nitrogen functional groups attached to an aromatic ring is 1. The van der Waals surface area contributed by atoms with Gasteiger partial charge in [0.1, 0.15) is 18.5 Å². The number of carbonyl (C=O) groups excluding carboxylic acids is 1. The molecule has 1 aromatic carbocycles. The number of piperazine rings is 1. The van der Waals surface area contributed by atoms with E-state index < -0.39 is 11.6 Å². The van der Waals surface area contributed by atoms with Gasteiger partial charge < -0.3 is 20.9 Å². The van der Waals surface area contributed by atoms with Crippen molar-refractivity contribution in [3.05, 3.63) is 24.3 Å². The first-order valence-electron chi connectivity index (χ1n) is 7.09. The normalized spacial score (nSPS) is 19.9. The zero-order chi connectivity index (χ0) is 15.5. The molecule has 1 amide bonds. The van der Waals surface area contributed by atoms with Gasteiger partial charge in [0.15, 0.2) is 0 Å². The number of nitrogens with two attached hydrogens (primary N) is 1. The maximum absolute atomic E-state index is 11.8. The number of benzene rings is 1. The Bertz CT molecular complexity index is 505. The molecule has 4 N–H and O–H groups in total. The molecule has 1 fully saturated rings. The van der Waals surface area contributed by atoms with Crippen LogP contribution in [0.3, 0.4) is 0 Å². The molecule has 0 radical (unpaired) electrons. The summed E-state index contributed by atoms with van der Waals surface area (Å²) in [6, 6.07) is 7.08. The Morgan fingerprint density at radius 1 is 1.52 bits per heavy atom. The molecule has 2 rings (SSSR count). The largest absolute Gasteiger partial charge is 0.491 e. The van der Waals surface area contributed by atoms with Gasteiger partial charge in [-0.25, -0.2) is 0 Å². The molecule has 1 unspecified atom stereocenters. The van der Waals surface area contributed by atoms with Crippen LogP contribution in [0.5, 0.6) is 5.75 Å². The molecular formula is C15H23N3O3. The van der Waals surface area contributed by atoms with E-state index in [1.807, 2.05) is 18.7 Å². The molecule has 0 spiro atoms. The van der Waals surface area contributed by atoms with Gasteiger partial charge in [-0.3, -0.25) is 9.69 Å². The average Bonchev–Trinajstić information content (AvgIpc) is 2.42. The molecular weight excluding hydrogens is 270 g/mol. The number of amides is 1. The van der Waals surface area contributed by atoms with Crippen LogP contribution in [0, 0.1) is 0 Å². The third-order valence-corrected chi connectivity index (χ3v) is 3.75. The molecule has 0 bridgehead atoms. The Hall–Kier alpha value is -1.79. The van der Waals surface area contributed by atoms with Gasteiger partial charge in [0.2, 0.25) is 5.91 Å². The minimum absolute atomic E-state index is 0.0160. The second-order valence-electron chi connectivity index (χ2n) is 5.80. The van der Waals surface area contributed by atoms with Crippen molar-refractivity contribution in [2.75, 3.05) is 32.0 Å². The lowest BCUT2D eigenvalue weighted by Gasteiger charge is -2.41. The second kappa shape index (κ2) is 6.32.